The molecule has 0 unspecified atom stereocenters. The molecule has 0 aliphatic heterocycles. The van der Waals surface area contributed by atoms with E-state index in [1.165, 1.54) is 0 Å². The maximum Gasteiger partial charge on any atom is 0.257 e. The van der Waals surface area contributed by atoms with E-state index < -0.39 is 0 Å². The second-order valence-electron chi connectivity index (χ2n) is 3.13. The fourth-order valence-electron chi connectivity index (χ4n) is 1.44. The second kappa shape index (κ2) is 2.69. The maximum absolute atomic E-state index is 11.5. The summed E-state index contributed by atoms with van der Waals surface area (Å²) in [5.41, 5.74) is 1.96. The number of hydrogen-bond donors (Lipinski definition) is 1. The van der Waals surface area contributed by atoms with Crippen molar-refractivity contribution in [2.24, 2.45) is 0 Å². The summed E-state index contributed by atoms with van der Waals surface area (Å²) >= 11 is 0. The van der Waals surface area contributed by atoms with Gasteiger partial charge in [-0.2, -0.15) is 0 Å². The molecule has 0 aromatic carbocycles. The molecule has 0 saturated heterocycles. The number of pyridine rings is 2. The maximum atomic E-state index is 11.5. The van der Waals surface area contributed by atoms with Crippen molar-refractivity contribution in [3.8, 4) is 0 Å². The molecule has 0 fully saturated rings. The predicted octanol–water partition coefficient (Wildman–Crippen LogP) is 1.54. The van der Waals surface area contributed by atoms with E-state index in [1.807, 2.05) is 19.9 Å². The van der Waals surface area contributed by atoms with E-state index in [-0.39, 0.29) is 5.56 Å². The summed E-state index contributed by atoms with van der Waals surface area (Å²) in [5.74, 6) is 0. The quantitative estimate of drug-likeness (QED) is 0.658. The van der Waals surface area contributed by atoms with Crippen LogP contribution in [0.5, 0.6) is 0 Å². The molecular formula is C10H10N2O. The summed E-state index contributed by atoms with van der Waals surface area (Å²) in [7, 11) is 0. The zero-order valence-corrected chi connectivity index (χ0v) is 7.59. The Labute approximate surface area is 75.4 Å². The van der Waals surface area contributed by atoms with E-state index in [2.05, 4.69) is 9.97 Å². The van der Waals surface area contributed by atoms with Crippen LogP contribution in [0.1, 0.15) is 11.3 Å². The summed E-state index contributed by atoms with van der Waals surface area (Å²) in [5, 5.41) is 1.64. The van der Waals surface area contributed by atoms with Crippen molar-refractivity contribution in [1.29, 1.82) is 0 Å². The van der Waals surface area contributed by atoms with Crippen LogP contribution in [0.2, 0.25) is 0 Å². The molecular weight excluding hydrogens is 164 g/mol. The fourth-order valence-corrected chi connectivity index (χ4v) is 1.44. The lowest BCUT2D eigenvalue weighted by Crippen LogP contribution is -2.09. The third-order valence-electron chi connectivity index (χ3n) is 2.33. The standard InChI is InChI=1S/C10H10N2O/c1-6-7(2)12-10(13)9-5-11-4-3-8(6)9/h3-5H,1-2H3,(H,12,13). The number of nitrogens with zero attached hydrogens (tertiary/aromatic N) is 1. The van der Waals surface area contributed by atoms with Crippen LogP contribution in [-0.4, -0.2) is 9.97 Å². The molecule has 2 aromatic rings. The number of hydrogen-bond acceptors (Lipinski definition) is 2. The zero-order valence-electron chi connectivity index (χ0n) is 7.59. The van der Waals surface area contributed by atoms with Crippen LogP contribution < -0.4 is 5.56 Å². The molecule has 3 nitrogen and oxygen atoms in total. The average molecular weight is 174 g/mol. The first-order chi connectivity index (χ1) is 6.20. The highest BCUT2D eigenvalue weighted by molar-refractivity contribution is 5.84. The van der Waals surface area contributed by atoms with Crippen LogP contribution in [0, 0.1) is 13.8 Å². The van der Waals surface area contributed by atoms with Gasteiger partial charge in [0.2, 0.25) is 0 Å². The first kappa shape index (κ1) is 7.98. The molecule has 0 spiro atoms. The largest absolute Gasteiger partial charge is 0.326 e. The van der Waals surface area contributed by atoms with E-state index >= 15 is 0 Å². The zero-order chi connectivity index (χ0) is 9.42. The lowest BCUT2D eigenvalue weighted by atomic mass is 10.1. The van der Waals surface area contributed by atoms with Crippen LogP contribution in [0.15, 0.2) is 23.3 Å². The number of H-pyrrole nitrogens is 1. The van der Waals surface area contributed by atoms with Gasteiger partial charge < -0.3 is 4.98 Å². The van der Waals surface area contributed by atoms with Crippen LogP contribution in [0.25, 0.3) is 10.8 Å². The number of aromatic nitrogens is 2. The van der Waals surface area contributed by atoms with Gasteiger partial charge in [0.15, 0.2) is 0 Å². The Morgan fingerprint density at radius 3 is 2.85 bits per heavy atom. The molecule has 66 valence electrons. The molecule has 0 aliphatic carbocycles. The Morgan fingerprint density at radius 2 is 2.08 bits per heavy atom. The fraction of sp³-hybridized carbons (Fsp3) is 0.200. The van der Waals surface area contributed by atoms with Gasteiger partial charge in [0, 0.05) is 18.1 Å². The lowest BCUT2D eigenvalue weighted by molar-refractivity contribution is 1.13. The van der Waals surface area contributed by atoms with Gasteiger partial charge in [-0.15, -0.1) is 0 Å². The van der Waals surface area contributed by atoms with Crippen LogP contribution in [-0.2, 0) is 0 Å². The molecule has 2 aromatic heterocycles. The smallest absolute Gasteiger partial charge is 0.257 e. The van der Waals surface area contributed by atoms with Crippen molar-refractivity contribution in [3.05, 3.63) is 40.1 Å². The number of aromatic amines is 1. The Morgan fingerprint density at radius 1 is 1.31 bits per heavy atom. The predicted molar refractivity (Wildman–Crippen MR) is 51.8 cm³/mol. The molecule has 1 N–H and O–H groups in total. The lowest BCUT2D eigenvalue weighted by Gasteiger charge is -2.03. The molecule has 0 bridgehead atoms. The molecule has 0 aliphatic rings. The van der Waals surface area contributed by atoms with Crippen molar-refractivity contribution in [1.82, 2.24) is 9.97 Å². The monoisotopic (exact) mass is 174 g/mol. The molecule has 13 heavy (non-hydrogen) atoms. The minimum Gasteiger partial charge on any atom is -0.326 e. The molecule has 2 rings (SSSR count). The molecule has 0 saturated carbocycles. The van der Waals surface area contributed by atoms with E-state index in [0.717, 1.165) is 16.6 Å². The van der Waals surface area contributed by atoms with E-state index in [4.69, 9.17) is 0 Å². The van der Waals surface area contributed by atoms with Crippen LogP contribution >= 0.6 is 0 Å². The number of fused-ring (bicyclic) bond motifs is 1. The van der Waals surface area contributed by atoms with E-state index in [0.29, 0.717) is 5.39 Å². The summed E-state index contributed by atoms with van der Waals surface area (Å²) in [4.78, 5) is 18.2. The van der Waals surface area contributed by atoms with Gasteiger partial charge in [0.25, 0.3) is 5.56 Å². The normalized spacial score (nSPS) is 10.6. The summed E-state index contributed by atoms with van der Waals surface area (Å²) in [6.45, 7) is 3.89. The van der Waals surface area contributed by atoms with Gasteiger partial charge >= 0.3 is 0 Å². The first-order valence-electron chi connectivity index (χ1n) is 4.13. The Hall–Kier alpha value is -1.64. The van der Waals surface area contributed by atoms with Gasteiger partial charge in [0.05, 0.1) is 5.39 Å². The van der Waals surface area contributed by atoms with Crippen LogP contribution in [0.3, 0.4) is 0 Å². The highest BCUT2D eigenvalue weighted by Gasteiger charge is 2.03. The molecule has 0 amide bonds. The van der Waals surface area contributed by atoms with Crippen molar-refractivity contribution < 1.29 is 0 Å². The van der Waals surface area contributed by atoms with Gasteiger partial charge in [-0.25, -0.2) is 0 Å². The van der Waals surface area contributed by atoms with E-state index in [1.54, 1.807) is 12.4 Å². The van der Waals surface area contributed by atoms with Gasteiger partial charge in [0.1, 0.15) is 0 Å². The topological polar surface area (TPSA) is 45.8 Å². The van der Waals surface area contributed by atoms with Crippen LogP contribution in [0.4, 0.5) is 0 Å². The minimum atomic E-state index is -0.0637. The summed E-state index contributed by atoms with van der Waals surface area (Å²) < 4.78 is 0. The molecule has 3 heteroatoms. The van der Waals surface area contributed by atoms with Gasteiger partial charge in [-0.05, 0) is 30.9 Å². The van der Waals surface area contributed by atoms with Gasteiger partial charge in [-0.1, -0.05) is 0 Å². The minimum absolute atomic E-state index is 0.0637. The number of aryl methyl sites for hydroxylation is 2. The highest BCUT2D eigenvalue weighted by Crippen LogP contribution is 2.14. The summed E-state index contributed by atoms with van der Waals surface area (Å²) in [6.07, 6.45) is 3.30. The van der Waals surface area contributed by atoms with Crippen molar-refractivity contribution >= 4 is 10.8 Å². The first-order valence-corrected chi connectivity index (χ1v) is 4.13. The van der Waals surface area contributed by atoms with Crippen molar-refractivity contribution in [2.75, 3.05) is 0 Å². The second-order valence-corrected chi connectivity index (χ2v) is 3.13. The van der Waals surface area contributed by atoms with E-state index in [9.17, 15) is 4.79 Å². The molecule has 2 heterocycles. The molecule has 0 atom stereocenters. The number of rotatable bonds is 0. The SMILES string of the molecule is Cc1[nH]c(=O)c2cnccc2c1C. The average Bonchev–Trinajstić information content (AvgIpc) is 2.15. The summed E-state index contributed by atoms with van der Waals surface area (Å²) in [6, 6.07) is 1.87. The van der Waals surface area contributed by atoms with Gasteiger partial charge in [-0.3, -0.25) is 9.78 Å². The van der Waals surface area contributed by atoms with Crippen molar-refractivity contribution in [3.63, 3.8) is 0 Å². The Kier molecular flexibility index (Phi) is 1.65. The third kappa shape index (κ3) is 1.13. The Balaban J connectivity index is 3.06. The highest BCUT2D eigenvalue weighted by atomic mass is 16.1. The molecule has 0 radical (unpaired) electrons. The third-order valence-corrected chi connectivity index (χ3v) is 2.33. The Bertz CT molecular complexity index is 514. The number of nitrogens with one attached hydrogen (secondary N) is 1. The van der Waals surface area contributed by atoms with Crippen molar-refractivity contribution in [2.45, 2.75) is 13.8 Å².